The fourth-order valence-electron chi connectivity index (χ4n) is 3.41. The Morgan fingerprint density at radius 1 is 0.870 bits per heavy atom. The molecule has 0 saturated heterocycles. The maximum atomic E-state index is 5.30. The van der Waals surface area contributed by atoms with Gasteiger partial charge in [-0.25, -0.2) is 0 Å². The molecule has 0 unspecified atom stereocenters. The number of aromatic nitrogens is 1. The Balaban J connectivity index is 2.26. The Morgan fingerprint density at radius 2 is 1.57 bits per heavy atom. The van der Waals surface area contributed by atoms with Gasteiger partial charge in [-0.3, -0.25) is 0 Å². The molecule has 0 bridgehead atoms. The van der Waals surface area contributed by atoms with Crippen molar-refractivity contribution < 1.29 is 4.74 Å². The molecular weight excluding hydrogens is 282 g/mol. The number of hydrogen-bond donors (Lipinski definition) is 0. The molecule has 0 saturated carbocycles. The first-order valence-corrected chi connectivity index (χ1v) is 8.55. The molecule has 120 valence electrons. The molecule has 0 aliphatic rings. The minimum atomic E-state index is 0.899. The highest BCUT2D eigenvalue weighted by Gasteiger charge is 2.16. The fourth-order valence-corrected chi connectivity index (χ4v) is 3.41. The monoisotopic (exact) mass is 307 g/mol. The minimum absolute atomic E-state index is 0.899. The third-order valence-corrected chi connectivity index (χ3v) is 4.41. The van der Waals surface area contributed by atoms with Crippen molar-refractivity contribution in [2.75, 3.05) is 7.11 Å². The number of ether oxygens (including phenoxy) is 1. The summed E-state index contributed by atoms with van der Waals surface area (Å²) < 4.78 is 7.74. The van der Waals surface area contributed by atoms with Gasteiger partial charge in [-0.1, -0.05) is 44.9 Å². The van der Waals surface area contributed by atoms with E-state index < -0.39 is 0 Å². The van der Waals surface area contributed by atoms with E-state index >= 15 is 0 Å². The van der Waals surface area contributed by atoms with E-state index in [4.69, 9.17) is 4.74 Å². The topological polar surface area (TPSA) is 14.2 Å². The van der Waals surface area contributed by atoms with Crippen molar-refractivity contribution in [3.8, 4) is 11.4 Å². The van der Waals surface area contributed by atoms with Crippen LogP contribution in [-0.2, 0) is 12.8 Å². The number of rotatable bonds is 6. The lowest BCUT2D eigenvalue weighted by atomic mass is 10.0. The van der Waals surface area contributed by atoms with Gasteiger partial charge < -0.3 is 9.30 Å². The Labute approximate surface area is 138 Å². The molecule has 2 heteroatoms. The average Bonchev–Trinajstić information content (AvgIpc) is 2.90. The summed E-state index contributed by atoms with van der Waals surface area (Å²) in [6.45, 7) is 4.51. The number of fused-ring (bicyclic) bond motifs is 1. The van der Waals surface area contributed by atoms with E-state index in [0.717, 1.165) is 25.0 Å². The summed E-state index contributed by atoms with van der Waals surface area (Å²) in [5.74, 6) is 0.899. The van der Waals surface area contributed by atoms with Gasteiger partial charge >= 0.3 is 0 Å². The number of aryl methyl sites for hydroxylation is 1. The van der Waals surface area contributed by atoms with Crippen LogP contribution in [0.3, 0.4) is 0 Å². The zero-order valence-corrected chi connectivity index (χ0v) is 14.3. The maximum absolute atomic E-state index is 5.30. The third kappa shape index (κ3) is 2.86. The smallest absolute Gasteiger partial charge is 0.119 e. The molecule has 0 amide bonds. The van der Waals surface area contributed by atoms with Crippen LogP contribution in [0, 0.1) is 0 Å². The lowest BCUT2D eigenvalue weighted by molar-refractivity contribution is 0.414. The van der Waals surface area contributed by atoms with Crippen molar-refractivity contribution in [3.05, 3.63) is 59.8 Å². The standard InChI is InChI=1S/C21H25NO/c1-4-8-18-19-10-6-7-11-21(19)22(20(18)9-5-2)16-12-14-17(23-3)15-13-16/h6-7,10-15H,4-5,8-9H2,1-3H3. The predicted molar refractivity (Wildman–Crippen MR) is 97.8 cm³/mol. The lowest BCUT2D eigenvalue weighted by Gasteiger charge is -2.12. The molecule has 0 fully saturated rings. The largest absolute Gasteiger partial charge is 0.497 e. The van der Waals surface area contributed by atoms with Crippen LogP contribution >= 0.6 is 0 Å². The van der Waals surface area contributed by atoms with E-state index in [0.29, 0.717) is 0 Å². The van der Waals surface area contributed by atoms with Gasteiger partial charge in [0.1, 0.15) is 5.75 Å². The quantitative estimate of drug-likeness (QED) is 0.583. The van der Waals surface area contributed by atoms with Crippen LogP contribution in [0.2, 0.25) is 0 Å². The molecule has 2 nitrogen and oxygen atoms in total. The highest BCUT2D eigenvalue weighted by atomic mass is 16.5. The highest BCUT2D eigenvalue weighted by Crippen LogP contribution is 2.32. The number of benzene rings is 2. The molecule has 0 spiro atoms. The van der Waals surface area contributed by atoms with E-state index in [-0.39, 0.29) is 0 Å². The van der Waals surface area contributed by atoms with Gasteiger partial charge in [0, 0.05) is 16.8 Å². The van der Waals surface area contributed by atoms with Crippen LogP contribution in [0.15, 0.2) is 48.5 Å². The average molecular weight is 307 g/mol. The molecule has 1 heterocycles. The number of nitrogens with zero attached hydrogens (tertiary/aromatic N) is 1. The summed E-state index contributed by atoms with van der Waals surface area (Å²) >= 11 is 0. The van der Waals surface area contributed by atoms with Gasteiger partial charge in [0.05, 0.1) is 12.6 Å². The second-order valence-electron chi connectivity index (χ2n) is 5.98. The molecule has 0 aliphatic heterocycles. The molecular formula is C21H25NO. The van der Waals surface area contributed by atoms with Crippen LogP contribution in [0.5, 0.6) is 5.75 Å². The van der Waals surface area contributed by atoms with Gasteiger partial charge in [0.25, 0.3) is 0 Å². The van der Waals surface area contributed by atoms with E-state index in [9.17, 15) is 0 Å². The van der Waals surface area contributed by atoms with Gasteiger partial charge in [0.2, 0.25) is 0 Å². The van der Waals surface area contributed by atoms with Crippen molar-refractivity contribution >= 4 is 10.9 Å². The molecule has 2 aromatic carbocycles. The number of methoxy groups -OCH3 is 1. The van der Waals surface area contributed by atoms with Crippen LogP contribution in [-0.4, -0.2) is 11.7 Å². The van der Waals surface area contributed by atoms with Crippen LogP contribution in [0.4, 0.5) is 0 Å². The van der Waals surface area contributed by atoms with E-state index in [1.807, 2.05) is 12.1 Å². The third-order valence-electron chi connectivity index (χ3n) is 4.41. The van der Waals surface area contributed by atoms with Gasteiger partial charge in [-0.2, -0.15) is 0 Å². The Morgan fingerprint density at radius 3 is 2.22 bits per heavy atom. The molecule has 0 radical (unpaired) electrons. The van der Waals surface area contributed by atoms with Crippen molar-refractivity contribution in [2.45, 2.75) is 39.5 Å². The Hall–Kier alpha value is -2.22. The Bertz CT molecular complexity index is 783. The first-order valence-electron chi connectivity index (χ1n) is 8.55. The van der Waals surface area contributed by atoms with Crippen LogP contribution < -0.4 is 4.74 Å². The SMILES string of the molecule is CCCc1c(CCC)n(-c2ccc(OC)cc2)c2ccccc12. The molecule has 3 rings (SSSR count). The number of para-hydroxylation sites is 1. The molecule has 0 N–H and O–H groups in total. The second-order valence-corrected chi connectivity index (χ2v) is 5.98. The summed E-state index contributed by atoms with van der Waals surface area (Å²) in [5, 5.41) is 1.40. The van der Waals surface area contributed by atoms with Gasteiger partial charge in [-0.15, -0.1) is 0 Å². The minimum Gasteiger partial charge on any atom is -0.497 e. The second kappa shape index (κ2) is 6.91. The zero-order valence-electron chi connectivity index (χ0n) is 14.3. The highest BCUT2D eigenvalue weighted by molar-refractivity contribution is 5.87. The fraction of sp³-hybridized carbons (Fsp3) is 0.333. The van der Waals surface area contributed by atoms with Crippen molar-refractivity contribution in [1.29, 1.82) is 0 Å². The van der Waals surface area contributed by atoms with Crippen molar-refractivity contribution in [1.82, 2.24) is 4.57 Å². The molecule has 0 atom stereocenters. The van der Waals surface area contributed by atoms with Crippen molar-refractivity contribution in [3.63, 3.8) is 0 Å². The van der Waals surface area contributed by atoms with Crippen molar-refractivity contribution in [2.24, 2.45) is 0 Å². The van der Waals surface area contributed by atoms with Gasteiger partial charge in [-0.05, 0) is 48.7 Å². The first kappa shape index (κ1) is 15.7. The normalized spacial score (nSPS) is 11.1. The van der Waals surface area contributed by atoms with Crippen LogP contribution in [0.1, 0.15) is 37.9 Å². The summed E-state index contributed by atoms with van der Waals surface area (Å²) in [6, 6.07) is 17.2. The number of hydrogen-bond acceptors (Lipinski definition) is 1. The van der Waals surface area contributed by atoms with E-state index in [2.05, 4.69) is 54.8 Å². The molecule has 23 heavy (non-hydrogen) atoms. The zero-order chi connectivity index (χ0) is 16.2. The maximum Gasteiger partial charge on any atom is 0.119 e. The van der Waals surface area contributed by atoms with E-state index in [1.54, 1.807) is 7.11 Å². The molecule has 0 aliphatic carbocycles. The lowest BCUT2D eigenvalue weighted by Crippen LogP contribution is -2.02. The van der Waals surface area contributed by atoms with E-state index in [1.165, 1.54) is 34.3 Å². The summed E-state index contributed by atoms with van der Waals surface area (Å²) in [5.41, 5.74) is 5.50. The predicted octanol–water partition coefficient (Wildman–Crippen LogP) is 5.54. The summed E-state index contributed by atoms with van der Waals surface area (Å²) in [6.07, 6.45) is 4.57. The molecule has 1 aromatic heterocycles. The van der Waals surface area contributed by atoms with Gasteiger partial charge in [0.15, 0.2) is 0 Å². The summed E-state index contributed by atoms with van der Waals surface area (Å²) in [4.78, 5) is 0. The first-order chi connectivity index (χ1) is 11.3. The Kier molecular flexibility index (Phi) is 4.71. The van der Waals surface area contributed by atoms with Crippen LogP contribution in [0.25, 0.3) is 16.6 Å². The molecule has 3 aromatic rings. The summed E-state index contributed by atoms with van der Waals surface area (Å²) in [7, 11) is 1.71.